The van der Waals surface area contributed by atoms with Gasteiger partial charge in [-0.1, -0.05) is 48.5 Å². The summed E-state index contributed by atoms with van der Waals surface area (Å²) in [6.07, 6.45) is -2.86. The zero-order valence-electron chi connectivity index (χ0n) is 23.2. The molecule has 3 aromatic rings. The van der Waals surface area contributed by atoms with Crippen LogP contribution < -0.4 is 15.4 Å². The summed E-state index contributed by atoms with van der Waals surface area (Å²) < 4.78 is 34.3. The minimum atomic E-state index is -3.36. The number of carbonyl (C=O) groups is 3. The number of phenolic OH excluding ortho intramolecular Hbond substituents is 1. The molecular formula is C31H33F2N3O6. The summed E-state index contributed by atoms with van der Waals surface area (Å²) in [6.45, 7) is 0.496. The Hall–Kier alpha value is -4.51. The van der Waals surface area contributed by atoms with Crippen molar-refractivity contribution in [1.82, 2.24) is 15.5 Å². The first-order valence-electron chi connectivity index (χ1n) is 13.4. The maximum absolute atomic E-state index is 14.6. The van der Waals surface area contributed by atoms with Crippen molar-refractivity contribution in [3.05, 3.63) is 95.1 Å². The minimum absolute atomic E-state index is 0.00567. The van der Waals surface area contributed by atoms with Gasteiger partial charge in [0, 0.05) is 24.1 Å². The van der Waals surface area contributed by atoms with Gasteiger partial charge >= 0.3 is 0 Å². The number of amides is 3. The average Bonchev–Trinajstić information content (AvgIpc) is 3.32. The monoisotopic (exact) mass is 581 g/mol. The second kappa shape index (κ2) is 13.0. The van der Waals surface area contributed by atoms with Crippen LogP contribution in [0, 0.1) is 6.92 Å². The third-order valence-electron chi connectivity index (χ3n) is 7.26. The van der Waals surface area contributed by atoms with Gasteiger partial charge in [-0.05, 0) is 48.7 Å². The van der Waals surface area contributed by atoms with Crippen LogP contribution in [0.2, 0.25) is 0 Å². The summed E-state index contributed by atoms with van der Waals surface area (Å²) in [7, 11) is 1.49. The lowest BCUT2D eigenvalue weighted by atomic mass is 9.98. The first-order valence-corrected chi connectivity index (χ1v) is 13.4. The molecule has 4 rings (SSSR count). The van der Waals surface area contributed by atoms with Gasteiger partial charge in [0.2, 0.25) is 5.91 Å². The molecular weight excluding hydrogens is 548 g/mol. The summed E-state index contributed by atoms with van der Waals surface area (Å²) in [5.41, 5.74) is 1.75. The van der Waals surface area contributed by atoms with Crippen molar-refractivity contribution in [1.29, 1.82) is 0 Å². The van der Waals surface area contributed by atoms with E-state index in [1.807, 2.05) is 0 Å². The fourth-order valence-electron chi connectivity index (χ4n) is 4.94. The number of methoxy groups -OCH3 is 1. The number of hydrogen-bond donors (Lipinski definition) is 4. The number of aliphatic hydroxyl groups is 1. The normalized spacial score (nSPS) is 17.3. The molecule has 1 aliphatic heterocycles. The number of nitrogens with one attached hydrogen (secondary N) is 2. The number of alkyl halides is 2. The van der Waals surface area contributed by atoms with Crippen molar-refractivity contribution in [2.45, 2.75) is 50.4 Å². The average molecular weight is 582 g/mol. The van der Waals surface area contributed by atoms with Crippen molar-refractivity contribution < 1.29 is 38.1 Å². The molecule has 9 nitrogen and oxygen atoms in total. The molecule has 0 aromatic heterocycles. The summed E-state index contributed by atoms with van der Waals surface area (Å²) >= 11 is 0. The molecule has 3 aromatic carbocycles. The van der Waals surface area contributed by atoms with Crippen LogP contribution in [0.5, 0.6) is 11.5 Å². The summed E-state index contributed by atoms with van der Waals surface area (Å²) in [5.74, 6) is -5.49. The van der Waals surface area contributed by atoms with Crippen molar-refractivity contribution in [2.75, 3.05) is 13.7 Å². The zero-order chi connectivity index (χ0) is 30.4. The van der Waals surface area contributed by atoms with Gasteiger partial charge in [-0.2, -0.15) is 0 Å². The maximum atomic E-state index is 14.6. The summed E-state index contributed by atoms with van der Waals surface area (Å²) in [4.78, 5) is 40.4. The van der Waals surface area contributed by atoms with Crippen LogP contribution in [0.4, 0.5) is 8.78 Å². The van der Waals surface area contributed by atoms with Crippen LogP contribution in [0.3, 0.4) is 0 Å². The molecule has 0 bridgehead atoms. The van der Waals surface area contributed by atoms with Gasteiger partial charge in [-0.15, -0.1) is 0 Å². The van der Waals surface area contributed by atoms with Gasteiger partial charge in [0.15, 0.2) is 6.10 Å². The first kappa shape index (κ1) is 30.4. The highest BCUT2D eigenvalue weighted by Gasteiger charge is 2.51. The van der Waals surface area contributed by atoms with E-state index in [2.05, 4.69) is 10.6 Å². The van der Waals surface area contributed by atoms with Crippen LogP contribution in [-0.4, -0.2) is 70.6 Å². The second-order valence-corrected chi connectivity index (χ2v) is 10.3. The quantitative estimate of drug-likeness (QED) is 0.292. The number of rotatable bonds is 10. The van der Waals surface area contributed by atoms with Gasteiger partial charge in [0.1, 0.15) is 17.5 Å². The molecule has 3 amide bonds. The Bertz CT molecular complexity index is 1440. The van der Waals surface area contributed by atoms with Crippen molar-refractivity contribution >= 4 is 17.7 Å². The molecule has 0 spiro atoms. The topological polar surface area (TPSA) is 128 Å². The first-order chi connectivity index (χ1) is 20.0. The van der Waals surface area contributed by atoms with Crippen LogP contribution in [0.25, 0.3) is 0 Å². The molecule has 222 valence electrons. The highest BCUT2D eigenvalue weighted by atomic mass is 19.3. The smallest absolute Gasteiger partial charge is 0.267 e. The van der Waals surface area contributed by atoms with E-state index >= 15 is 0 Å². The number of ether oxygens (including phenoxy) is 1. The van der Waals surface area contributed by atoms with Crippen LogP contribution >= 0.6 is 0 Å². The van der Waals surface area contributed by atoms with Crippen molar-refractivity contribution in [3.8, 4) is 11.5 Å². The number of benzene rings is 3. The van der Waals surface area contributed by atoms with Crippen molar-refractivity contribution in [2.24, 2.45) is 0 Å². The minimum Gasteiger partial charge on any atom is -0.508 e. The van der Waals surface area contributed by atoms with Gasteiger partial charge < -0.3 is 30.5 Å². The molecule has 0 aliphatic carbocycles. The van der Waals surface area contributed by atoms with E-state index in [-0.39, 0.29) is 24.3 Å². The molecule has 1 saturated heterocycles. The molecule has 11 heteroatoms. The Morgan fingerprint density at radius 1 is 1.05 bits per heavy atom. The molecule has 1 aliphatic rings. The highest BCUT2D eigenvalue weighted by Crippen LogP contribution is 2.33. The predicted octanol–water partition coefficient (Wildman–Crippen LogP) is 2.96. The van der Waals surface area contributed by atoms with Gasteiger partial charge in [0.05, 0.1) is 19.7 Å². The van der Waals surface area contributed by atoms with Gasteiger partial charge in [-0.25, -0.2) is 8.78 Å². The Morgan fingerprint density at radius 2 is 1.74 bits per heavy atom. The molecule has 3 atom stereocenters. The Labute approximate surface area is 242 Å². The van der Waals surface area contributed by atoms with E-state index in [0.717, 1.165) is 0 Å². The van der Waals surface area contributed by atoms with E-state index < -0.39 is 54.8 Å². The number of aromatic hydroxyl groups is 1. The molecule has 0 radical (unpaired) electrons. The molecule has 4 N–H and O–H groups in total. The van der Waals surface area contributed by atoms with Gasteiger partial charge in [-0.3, -0.25) is 14.4 Å². The van der Waals surface area contributed by atoms with E-state index in [4.69, 9.17) is 4.74 Å². The van der Waals surface area contributed by atoms with Crippen molar-refractivity contribution in [3.63, 3.8) is 0 Å². The van der Waals surface area contributed by atoms with E-state index in [0.29, 0.717) is 27.3 Å². The SMILES string of the molecule is COc1cccc(CNC(=O)[C@@H]2CC(F)(F)CN2C(=O)[C@@H](O)[C@H](Cc2ccccc2)NC(=O)c2cccc(O)c2C)c1. The number of nitrogens with zero attached hydrogens (tertiary/aromatic N) is 1. The number of likely N-dealkylation sites (tertiary alicyclic amines) is 1. The predicted molar refractivity (Wildman–Crippen MR) is 150 cm³/mol. The fraction of sp³-hybridized carbons (Fsp3) is 0.323. The number of carbonyl (C=O) groups excluding carboxylic acids is 3. The zero-order valence-corrected chi connectivity index (χ0v) is 23.2. The Morgan fingerprint density at radius 3 is 2.45 bits per heavy atom. The van der Waals surface area contributed by atoms with Crippen LogP contribution in [-0.2, 0) is 22.6 Å². The second-order valence-electron chi connectivity index (χ2n) is 10.3. The number of phenols is 1. The summed E-state index contributed by atoms with van der Waals surface area (Å²) in [5, 5.41) is 26.5. The van der Waals surface area contributed by atoms with Crippen LogP contribution in [0.1, 0.15) is 33.5 Å². The Kier molecular flexibility index (Phi) is 9.41. The lowest BCUT2D eigenvalue weighted by molar-refractivity contribution is -0.147. The Balaban J connectivity index is 1.54. The maximum Gasteiger partial charge on any atom is 0.267 e. The molecule has 42 heavy (non-hydrogen) atoms. The third-order valence-corrected chi connectivity index (χ3v) is 7.26. The molecule has 1 heterocycles. The summed E-state index contributed by atoms with van der Waals surface area (Å²) in [6, 6.07) is 17.2. The fourth-order valence-corrected chi connectivity index (χ4v) is 4.94. The largest absolute Gasteiger partial charge is 0.508 e. The van der Waals surface area contributed by atoms with E-state index in [1.54, 1.807) is 61.5 Å². The number of aliphatic hydroxyl groups excluding tert-OH is 1. The highest BCUT2D eigenvalue weighted by molar-refractivity contribution is 5.97. The van der Waals surface area contributed by atoms with Gasteiger partial charge in [0.25, 0.3) is 17.7 Å². The number of halogens is 2. The van der Waals surface area contributed by atoms with Crippen LogP contribution in [0.15, 0.2) is 72.8 Å². The molecule has 1 fully saturated rings. The molecule has 0 unspecified atom stereocenters. The molecule has 0 saturated carbocycles. The lowest BCUT2D eigenvalue weighted by Crippen LogP contribution is -2.55. The van der Waals surface area contributed by atoms with E-state index in [9.17, 15) is 33.4 Å². The van der Waals surface area contributed by atoms with E-state index in [1.165, 1.54) is 25.3 Å². The number of hydrogen-bond acceptors (Lipinski definition) is 6. The standard InChI is InChI=1S/C31H33F2N3O6/c1-19-23(12-7-13-26(19)37)28(39)35-24(15-20-8-4-3-5-9-20)27(38)30(41)36-18-31(32,33)16-25(36)29(40)34-17-21-10-6-11-22(14-21)42-2/h3-14,24-25,27,37-38H,15-18H2,1-2H3,(H,34,40)(H,35,39)/t24-,25-,27-/m0/s1. The lowest BCUT2D eigenvalue weighted by Gasteiger charge is -2.30. The third kappa shape index (κ3) is 7.22.